The number of pyridine rings is 1. The van der Waals surface area contributed by atoms with Gasteiger partial charge in [-0.3, -0.25) is 25.0 Å². The van der Waals surface area contributed by atoms with Gasteiger partial charge in [0.15, 0.2) is 0 Å². The number of aromatic nitrogens is 1. The summed E-state index contributed by atoms with van der Waals surface area (Å²) in [6, 6.07) is -0.586. The summed E-state index contributed by atoms with van der Waals surface area (Å²) in [6.45, 7) is 1.58. The van der Waals surface area contributed by atoms with E-state index in [2.05, 4.69) is 31.5 Å². The van der Waals surface area contributed by atoms with Crippen LogP contribution in [0.2, 0.25) is 0 Å². The molecule has 0 radical (unpaired) electrons. The van der Waals surface area contributed by atoms with Crippen LogP contribution in [0.25, 0.3) is 0 Å². The molecular weight excluding hydrogens is 332 g/mol. The number of carbonyl (C=O) groups is 2. The van der Waals surface area contributed by atoms with Crippen LogP contribution in [0, 0.1) is 17.0 Å². The number of nitro groups is 1. The van der Waals surface area contributed by atoms with Crippen molar-refractivity contribution in [3.63, 3.8) is 0 Å². The van der Waals surface area contributed by atoms with E-state index in [9.17, 15) is 19.7 Å². The van der Waals surface area contributed by atoms with E-state index in [0.717, 1.165) is 6.20 Å². The molecule has 106 valence electrons. The van der Waals surface area contributed by atoms with Crippen LogP contribution in [0.4, 0.5) is 11.5 Å². The van der Waals surface area contributed by atoms with Crippen LogP contribution in [0.3, 0.4) is 0 Å². The summed E-state index contributed by atoms with van der Waals surface area (Å²) in [6.07, 6.45) is 1.73. The Morgan fingerprint density at radius 3 is 2.85 bits per heavy atom. The highest BCUT2D eigenvalue weighted by Crippen LogP contribution is 2.31. The van der Waals surface area contributed by atoms with Crippen molar-refractivity contribution < 1.29 is 14.5 Å². The van der Waals surface area contributed by atoms with E-state index in [-0.39, 0.29) is 18.0 Å². The molecule has 0 spiro atoms. The zero-order valence-corrected chi connectivity index (χ0v) is 12.1. The zero-order valence-electron chi connectivity index (χ0n) is 10.5. The van der Waals surface area contributed by atoms with Gasteiger partial charge in [0.05, 0.1) is 9.40 Å². The molecule has 1 aliphatic heterocycles. The minimum absolute atomic E-state index is 0.106. The Labute approximate surface area is 122 Å². The van der Waals surface area contributed by atoms with Crippen LogP contribution in [-0.4, -0.2) is 27.8 Å². The van der Waals surface area contributed by atoms with Gasteiger partial charge in [-0.1, -0.05) is 0 Å². The number of anilines is 1. The first kappa shape index (κ1) is 14.4. The lowest BCUT2D eigenvalue weighted by atomic mass is 10.1. The van der Waals surface area contributed by atoms with Gasteiger partial charge in [-0.05, 0) is 29.3 Å². The summed E-state index contributed by atoms with van der Waals surface area (Å²) in [7, 11) is 0. The van der Waals surface area contributed by atoms with Crippen LogP contribution in [0.15, 0.2) is 10.7 Å². The molecule has 1 fully saturated rings. The average Bonchev–Trinajstić information content (AvgIpc) is 2.37. The number of amides is 2. The largest absolute Gasteiger partial charge is 0.357 e. The predicted octanol–water partition coefficient (Wildman–Crippen LogP) is 1.28. The van der Waals surface area contributed by atoms with Crippen molar-refractivity contribution in [3.05, 3.63) is 26.3 Å². The predicted molar refractivity (Wildman–Crippen MR) is 73.1 cm³/mol. The van der Waals surface area contributed by atoms with Gasteiger partial charge in [0.1, 0.15) is 18.1 Å². The number of imide groups is 1. The van der Waals surface area contributed by atoms with Gasteiger partial charge < -0.3 is 5.32 Å². The molecule has 9 heteroatoms. The normalized spacial score (nSPS) is 18.6. The molecule has 8 nitrogen and oxygen atoms in total. The topological polar surface area (TPSA) is 114 Å². The molecule has 0 aliphatic carbocycles. The second-order valence-corrected chi connectivity index (χ2v) is 5.13. The quantitative estimate of drug-likeness (QED) is 0.485. The maximum Gasteiger partial charge on any atom is 0.291 e. The molecule has 1 aromatic rings. The monoisotopic (exact) mass is 342 g/mol. The summed E-state index contributed by atoms with van der Waals surface area (Å²) >= 11 is 3.23. The Morgan fingerprint density at radius 1 is 1.55 bits per heavy atom. The molecule has 2 heterocycles. The number of piperidine rings is 1. The third kappa shape index (κ3) is 2.77. The zero-order chi connectivity index (χ0) is 14.9. The Kier molecular flexibility index (Phi) is 3.98. The number of hydrogen-bond acceptors (Lipinski definition) is 6. The number of nitrogens with one attached hydrogen (secondary N) is 2. The third-order valence-corrected chi connectivity index (χ3v) is 3.95. The maximum atomic E-state index is 11.6. The Morgan fingerprint density at radius 2 is 2.25 bits per heavy atom. The molecule has 1 saturated heterocycles. The maximum absolute atomic E-state index is 11.6. The lowest BCUT2D eigenvalue weighted by Crippen LogP contribution is -2.47. The fourth-order valence-electron chi connectivity index (χ4n) is 1.85. The molecule has 0 aromatic carbocycles. The molecular formula is C11H11BrN4O4. The summed E-state index contributed by atoms with van der Waals surface area (Å²) < 4.78 is 0.427. The highest BCUT2D eigenvalue weighted by Gasteiger charge is 2.28. The molecule has 1 aliphatic rings. The van der Waals surface area contributed by atoms with Crippen molar-refractivity contribution in [1.29, 1.82) is 0 Å². The van der Waals surface area contributed by atoms with E-state index >= 15 is 0 Å². The molecule has 2 rings (SSSR count). The molecule has 1 unspecified atom stereocenters. The molecule has 20 heavy (non-hydrogen) atoms. The van der Waals surface area contributed by atoms with Crippen molar-refractivity contribution in [1.82, 2.24) is 10.3 Å². The Bertz CT molecular complexity index is 604. The standard InChI is InChI=1S/C11H11BrN4O4/c1-5-7(16(19)20)4-13-10(9(5)12)14-6-2-3-8(17)15-11(6)18/h4,6H,2-3H2,1H3,(H,13,14)(H,15,17,18). The molecule has 0 saturated carbocycles. The van der Waals surface area contributed by atoms with E-state index in [0.29, 0.717) is 22.3 Å². The fraction of sp³-hybridized carbons (Fsp3) is 0.364. The van der Waals surface area contributed by atoms with Crippen LogP contribution in [0.1, 0.15) is 18.4 Å². The highest BCUT2D eigenvalue weighted by molar-refractivity contribution is 9.10. The summed E-state index contributed by atoms with van der Waals surface area (Å²) in [4.78, 5) is 36.9. The number of halogens is 1. The van der Waals surface area contributed by atoms with Crippen molar-refractivity contribution in [2.75, 3.05) is 5.32 Å². The van der Waals surface area contributed by atoms with Crippen molar-refractivity contribution in [2.45, 2.75) is 25.8 Å². The van der Waals surface area contributed by atoms with Crippen molar-refractivity contribution >= 4 is 39.2 Å². The van der Waals surface area contributed by atoms with Gasteiger partial charge in [0, 0.05) is 12.0 Å². The fourth-order valence-corrected chi connectivity index (χ4v) is 2.27. The molecule has 1 aromatic heterocycles. The lowest BCUT2D eigenvalue weighted by Gasteiger charge is -2.22. The second kappa shape index (κ2) is 5.53. The van der Waals surface area contributed by atoms with E-state index in [4.69, 9.17) is 0 Å². The van der Waals surface area contributed by atoms with Crippen LogP contribution in [-0.2, 0) is 9.59 Å². The van der Waals surface area contributed by atoms with E-state index < -0.39 is 16.9 Å². The Hall–Kier alpha value is -2.03. The average molecular weight is 343 g/mol. The number of hydrogen-bond donors (Lipinski definition) is 2. The number of rotatable bonds is 3. The van der Waals surface area contributed by atoms with Crippen LogP contribution in [0.5, 0.6) is 0 Å². The van der Waals surface area contributed by atoms with Crippen LogP contribution < -0.4 is 10.6 Å². The second-order valence-electron chi connectivity index (χ2n) is 4.34. The highest BCUT2D eigenvalue weighted by atomic mass is 79.9. The van der Waals surface area contributed by atoms with Crippen molar-refractivity contribution in [3.8, 4) is 0 Å². The summed E-state index contributed by atoms with van der Waals surface area (Å²) in [5.41, 5.74) is 0.311. The summed E-state index contributed by atoms with van der Waals surface area (Å²) in [5, 5.41) is 15.9. The van der Waals surface area contributed by atoms with Gasteiger partial charge in [-0.25, -0.2) is 4.98 Å². The van der Waals surface area contributed by atoms with E-state index in [1.807, 2.05) is 0 Å². The molecule has 1 atom stereocenters. The van der Waals surface area contributed by atoms with Crippen molar-refractivity contribution in [2.24, 2.45) is 0 Å². The van der Waals surface area contributed by atoms with Crippen LogP contribution >= 0.6 is 15.9 Å². The first-order valence-corrected chi connectivity index (χ1v) is 6.59. The van der Waals surface area contributed by atoms with E-state index in [1.54, 1.807) is 6.92 Å². The first-order chi connectivity index (χ1) is 9.40. The van der Waals surface area contributed by atoms with Gasteiger partial charge in [-0.2, -0.15) is 0 Å². The molecule has 0 bridgehead atoms. The van der Waals surface area contributed by atoms with Gasteiger partial charge in [0.25, 0.3) is 5.69 Å². The van der Waals surface area contributed by atoms with Gasteiger partial charge in [0.2, 0.25) is 11.8 Å². The third-order valence-electron chi connectivity index (χ3n) is 2.98. The first-order valence-electron chi connectivity index (χ1n) is 5.80. The number of nitrogens with zero attached hydrogens (tertiary/aromatic N) is 2. The Balaban J connectivity index is 2.22. The minimum Gasteiger partial charge on any atom is -0.357 e. The van der Waals surface area contributed by atoms with Gasteiger partial charge in [-0.15, -0.1) is 0 Å². The smallest absolute Gasteiger partial charge is 0.291 e. The van der Waals surface area contributed by atoms with Gasteiger partial charge >= 0.3 is 0 Å². The summed E-state index contributed by atoms with van der Waals surface area (Å²) in [5.74, 6) is -0.395. The lowest BCUT2D eigenvalue weighted by molar-refractivity contribution is -0.385. The molecule has 2 N–H and O–H groups in total. The molecule has 2 amide bonds. The SMILES string of the molecule is Cc1c([N+](=O)[O-])cnc(NC2CCC(=O)NC2=O)c1Br. The van der Waals surface area contributed by atoms with E-state index in [1.165, 1.54) is 0 Å². The number of carbonyl (C=O) groups excluding carboxylic acids is 2. The minimum atomic E-state index is -0.586.